The Kier molecular flexibility index (Phi) is 7.37. The van der Waals surface area contributed by atoms with Crippen LogP contribution < -0.4 is 20.1 Å². The molecule has 0 spiro atoms. The number of rotatable bonds is 10. The van der Waals surface area contributed by atoms with E-state index in [1.807, 2.05) is 32.0 Å². The Labute approximate surface area is 151 Å². The number of aliphatic imine (C=N–C) groups is 1. The van der Waals surface area contributed by atoms with Crippen LogP contribution in [-0.4, -0.2) is 46.5 Å². The summed E-state index contributed by atoms with van der Waals surface area (Å²) < 4.78 is 16.4. The van der Waals surface area contributed by atoms with Crippen molar-refractivity contribution in [1.29, 1.82) is 0 Å². The van der Waals surface area contributed by atoms with Gasteiger partial charge in [-0.2, -0.15) is 0 Å². The van der Waals surface area contributed by atoms with Crippen LogP contribution in [0.3, 0.4) is 0 Å². The first-order valence-electron chi connectivity index (χ1n) is 9.02. The number of ether oxygens (including phenoxy) is 3. The fraction of sp³-hybridized carbons (Fsp3) is 0.632. The van der Waals surface area contributed by atoms with Gasteiger partial charge < -0.3 is 24.8 Å². The van der Waals surface area contributed by atoms with Crippen molar-refractivity contribution in [3.8, 4) is 11.5 Å². The van der Waals surface area contributed by atoms with Crippen LogP contribution in [0.5, 0.6) is 11.5 Å². The number of hydrogen-bond donors (Lipinski definition) is 2. The van der Waals surface area contributed by atoms with Gasteiger partial charge in [0.05, 0.1) is 13.7 Å². The van der Waals surface area contributed by atoms with Crippen LogP contribution in [0, 0.1) is 5.41 Å². The van der Waals surface area contributed by atoms with E-state index in [0.29, 0.717) is 17.8 Å². The van der Waals surface area contributed by atoms with Gasteiger partial charge in [0.1, 0.15) is 0 Å². The fourth-order valence-electron chi connectivity index (χ4n) is 2.73. The smallest absolute Gasteiger partial charge is 0.195 e. The lowest BCUT2D eigenvalue weighted by Crippen LogP contribution is -2.35. The zero-order valence-electron chi connectivity index (χ0n) is 15.9. The molecule has 1 saturated carbocycles. The summed E-state index contributed by atoms with van der Waals surface area (Å²) in [5.41, 5.74) is 1.27. The van der Waals surface area contributed by atoms with E-state index in [-0.39, 0.29) is 0 Å². The Morgan fingerprint density at radius 1 is 1.20 bits per heavy atom. The molecular formula is C19H31N3O3. The van der Waals surface area contributed by atoms with Gasteiger partial charge in [-0.25, -0.2) is 0 Å². The highest BCUT2D eigenvalue weighted by Gasteiger charge is 2.41. The monoisotopic (exact) mass is 349 g/mol. The molecule has 0 atom stereocenters. The Morgan fingerprint density at radius 3 is 2.60 bits per heavy atom. The Balaban J connectivity index is 1.89. The van der Waals surface area contributed by atoms with E-state index in [4.69, 9.17) is 14.2 Å². The average Bonchev–Trinajstić information content (AvgIpc) is 3.40. The summed E-state index contributed by atoms with van der Waals surface area (Å²) in [6.45, 7) is 7.13. The van der Waals surface area contributed by atoms with E-state index < -0.39 is 0 Å². The lowest BCUT2D eigenvalue weighted by atomic mass is 10.0. The molecule has 6 heteroatoms. The standard InChI is InChI=1S/C19H31N3O3/c1-5-24-12-11-19(9-10-19)14-21-18(20-3)22-15-7-8-16(25-6-2)17(13-15)23-4/h7-8,13H,5-6,9-12,14H2,1-4H3,(H2,20,21,22). The molecule has 0 unspecified atom stereocenters. The number of hydrogen-bond acceptors (Lipinski definition) is 4. The van der Waals surface area contributed by atoms with Crippen LogP contribution in [0.4, 0.5) is 5.69 Å². The molecule has 25 heavy (non-hydrogen) atoms. The number of methoxy groups -OCH3 is 1. The molecule has 1 aliphatic carbocycles. The lowest BCUT2D eigenvalue weighted by Gasteiger charge is -2.19. The molecule has 1 aromatic carbocycles. The predicted octanol–water partition coefficient (Wildman–Crippen LogP) is 3.29. The quantitative estimate of drug-likeness (QED) is 0.385. The lowest BCUT2D eigenvalue weighted by molar-refractivity contribution is 0.128. The van der Waals surface area contributed by atoms with Crippen molar-refractivity contribution < 1.29 is 14.2 Å². The molecular weight excluding hydrogens is 318 g/mol. The van der Waals surface area contributed by atoms with E-state index in [1.54, 1.807) is 14.2 Å². The summed E-state index contributed by atoms with van der Waals surface area (Å²) in [6, 6.07) is 5.78. The number of benzene rings is 1. The minimum atomic E-state index is 0.364. The van der Waals surface area contributed by atoms with Crippen LogP contribution in [-0.2, 0) is 4.74 Å². The van der Waals surface area contributed by atoms with Gasteiger partial charge in [0.25, 0.3) is 0 Å². The Morgan fingerprint density at radius 2 is 2.00 bits per heavy atom. The first kappa shape index (κ1) is 19.4. The molecule has 0 saturated heterocycles. The highest BCUT2D eigenvalue weighted by molar-refractivity contribution is 5.93. The maximum atomic E-state index is 5.55. The minimum absolute atomic E-state index is 0.364. The van der Waals surface area contributed by atoms with E-state index in [2.05, 4.69) is 15.6 Å². The molecule has 0 amide bonds. The molecule has 140 valence electrons. The van der Waals surface area contributed by atoms with Crippen LogP contribution >= 0.6 is 0 Å². The third-order valence-electron chi connectivity index (χ3n) is 4.52. The fourth-order valence-corrected chi connectivity index (χ4v) is 2.73. The first-order chi connectivity index (χ1) is 12.2. The highest BCUT2D eigenvalue weighted by atomic mass is 16.5. The molecule has 0 heterocycles. The van der Waals surface area contributed by atoms with Crippen molar-refractivity contribution >= 4 is 11.6 Å². The third kappa shape index (κ3) is 5.81. The van der Waals surface area contributed by atoms with Gasteiger partial charge in [0, 0.05) is 38.6 Å². The van der Waals surface area contributed by atoms with Gasteiger partial charge in [-0.3, -0.25) is 4.99 Å². The van der Waals surface area contributed by atoms with Crippen molar-refractivity contribution in [3.63, 3.8) is 0 Å². The number of nitrogens with one attached hydrogen (secondary N) is 2. The SMILES string of the molecule is CCOCCC1(CNC(=NC)Nc2ccc(OCC)c(OC)c2)CC1. The molecule has 0 aliphatic heterocycles. The Hall–Kier alpha value is -1.95. The molecule has 1 fully saturated rings. The molecule has 2 N–H and O–H groups in total. The number of anilines is 1. The maximum absolute atomic E-state index is 5.55. The normalized spacial score (nSPS) is 15.6. The van der Waals surface area contributed by atoms with Crippen molar-refractivity contribution in [2.45, 2.75) is 33.1 Å². The molecule has 0 radical (unpaired) electrons. The number of guanidine groups is 1. The van der Waals surface area contributed by atoms with Gasteiger partial charge in [-0.05, 0) is 50.7 Å². The Bertz CT molecular complexity index is 571. The van der Waals surface area contributed by atoms with Crippen molar-refractivity contribution in [2.24, 2.45) is 10.4 Å². The largest absolute Gasteiger partial charge is 0.493 e. The summed E-state index contributed by atoms with van der Waals surface area (Å²) in [7, 11) is 3.42. The minimum Gasteiger partial charge on any atom is -0.493 e. The van der Waals surface area contributed by atoms with Crippen LogP contribution in [0.15, 0.2) is 23.2 Å². The highest BCUT2D eigenvalue weighted by Crippen LogP contribution is 2.48. The van der Waals surface area contributed by atoms with Crippen molar-refractivity contribution in [1.82, 2.24) is 5.32 Å². The van der Waals surface area contributed by atoms with E-state index in [9.17, 15) is 0 Å². The van der Waals surface area contributed by atoms with Gasteiger partial charge in [-0.15, -0.1) is 0 Å². The predicted molar refractivity (Wildman–Crippen MR) is 102 cm³/mol. The maximum Gasteiger partial charge on any atom is 0.195 e. The molecule has 1 aromatic rings. The van der Waals surface area contributed by atoms with Crippen LogP contribution in [0.2, 0.25) is 0 Å². The second-order valence-corrected chi connectivity index (χ2v) is 6.30. The summed E-state index contributed by atoms with van der Waals surface area (Å²) in [6.07, 6.45) is 3.60. The van der Waals surface area contributed by atoms with Crippen LogP contribution in [0.1, 0.15) is 33.1 Å². The van der Waals surface area contributed by atoms with E-state index in [0.717, 1.165) is 43.6 Å². The molecule has 2 rings (SSSR count). The van der Waals surface area contributed by atoms with Gasteiger partial charge in [-0.1, -0.05) is 0 Å². The summed E-state index contributed by atoms with van der Waals surface area (Å²) in [5.74, 6) is 2.21. The van der Waals surface area contributed by atoms with E-state index >= 15 is 0 Å². The van der Waals surface area contributed by atoms with Crippen molar-refractivity contribution in [2.75, 3.05) is 45.8 Å². The zero-order valence-corrected chi connectivity index (χ0v) is 15.9. The van der Waals surface area contributed by atoms with Gasteiger partial charge in [0.15, 0.2) is 17.5 Å². The zero-order chi connectivity index (χ0) is 18.1. The van der Waals surface area contributed by atoms with E-state index in [1.165, 1.54) is 12.8 Å². The topological polar surface area (TPSA) is 64.1 Å². The van der Waals surface area contributed by atoms with Crippen LogP contribution in [0.25, 0.3) is 0 Å². The van der Waals surface area contributed by atoms with Gasteiger partial charge >= 0.3 is 0 Å². The summed E-state index contributed by atoms with van der Waals surface area (Å²) in [4.78, 5) is 4.32. The summed E-state index contributed by atoms with van der Waals surface area (Å²) in [5, 5.41) is 6.75. The molecule has 6 nitrogen and oxygen atoms in total. The van der Waals surface area contributed by atoms with Gasteiger partial charge in [0.2, 0.25) is 0 Å². The second kappa shape index (κ2) is 9.51. The molecule has 1 aliphatic rings. The summed E-state index contributed by atoms with van der Waals surface area (Å²) >= 11 is 0. The molecule has 0 aromatic heterocycles. The van der Waals surface area contributed by atoms with Crippen molar-refractivity contribution in [3.05, 3.63) is 18.2 Å². The first-order valence-corrected chi connectivity index (χ1v) is 9.02. The number of nitrogens with zero attached hydrogens (tertiary/aromatic N) is 1. The molecule has 0 bridgehead atoms. The third-order valence-corrected chi connectivity index (χ3v) is 4.52. The second-order valence-electron chi connectivity index (χ2n) is 6.30. The average molecular weight is 349 g/mol.